The molecule has 0 saturated heterocycles. The fourth-order valence-corrected chi connectivity index (χ4v) is 3.02. The average Bonchev–Trinajstić information content (AvgIpc) is 3.00. The molecule has 0 amide bonds. The maximum absolute atomic E-state index is 5.57. The van der Waals surface area contributed by atoms with E-state index < -0.39 is 0 Å². The third kappa shape index (κ3) is 3.45. The minimum atomic E-state index is 0.431. The van der Waals surface area contributed by atoms with E-state index in [9.17, 15) is 0 Å². The van der Waals surface area contributed by atoms with Crippen LogP contribution in [-0.2, 0) is 12.8 Å². The largest absolute Gasteiger partial charge is 0.493 e. The fraction of sp³-hybridized carbons (Fsp3) is 0.368. The van der Waals surface area contributed by atoms with Crippen LogP contribution < -0.4 is 10.1 Å². The summed E-state index contributed by atoms with van der Waals surface area (Å²) in [4.78, 5) is 0. The second-order valence-corrected chi connectivity index (χ2v) is 5.60. The van der Waals surface area contributed by atoms with Gasteiger partial charge >= 0.3 is 0 Å². The van der Waals surface area contributed by atoms with E-state index in [0.717, 1.165) is 38.2 Å². The number of ether oxygens (including phenoxy) is 1. The molecule has 1 heterocycles. The first kappa shape index (κ1) is 14.2. The Morgan fingerprint density at radius 3 is 2.81 bits per heavy atom. The van der Waals surface area contributed by atoms with E-state index in [0.29, 0.717) is 6.04 Å². The molecule has 110 valence electrons. The van der Waals surface area contributed by atoms with Crippen molar-refractivity contribution >= 4 is 0 Å². The summed E-state index contributed by atoms with van der Waals surface area (Å²) in [6, 6.07) is 17.8. The highest BCUT2D eigenvalue weighted by Crippen LogP contribution is 2.27. The van der Waals surface area contributed by atoms with Gasteiger partial charge in [-0.3, -0.25) is 0 Å². The fourth-order valence-electron chi connectivity index (χ4n) is 3.02. The van der Waals surface area contributed by atoms with Crippen molar-refractivity contribution in [2.45, 2.75) is 32.2 Å². The standard InChI is InChI=1S/C19H23NO/c1-2-20-18(16-6-4-3-5-7-16)10-8-15-9-11-19-17(14-15)12-13-21-19/h3-7,9,11,14,18,20H,2,8,10,12-13H2,1H3. The lowest BCUT2D eigenvalue weighted by molar-refractivity contribution is 0.357. The van der Waals surface area contributed by atoms with Crippen LogP contribution in [0.2, 0.25) is 0 Å². The molecule has 1 atom stereocenters. The second kappa shape index (κ2) is 6.77. The lowest BCUT2D eigenvalue weighted by Crippen LogP contribution is -2.21. The van der Waals surface area contributed by atoms with Gasteiger partial charge in [-0.05, 0) is 42.1 Å². The van der Waals surface area contributed by atoms with E-state index in [1.54, 1.807) is 0 Å². The molecule has 0 bridgehead atoms. The molecular weight excluding hydrogens is 258 g/mol. The summed E-state index contributed by atoms with van der Waals surface area (Å²) in [7, 11) is 0. The summed E-state index contributed by atoms with van der Waals surface area (Å²) in [6.45, 7) is 4.00. The number of rotatable bonds is 6. The number of hydrogen-bond donors (Lipinski definition) is 1. The van der Waals surface area contributed by atoms with E-state index in [-0.39, 0.29) is 0 Å². The minimum Gasteiger partial charge on any atom is -0.493 e. The van der Waals surface area contributed by atoms with Crippen LogP contribution >= 0.6 is 0 Å². The van der Waals surface area contributed by atoms with Crippen LogP contribution in [0.5, 0.6) is 5.75 Å². The molecule has 0 saturated carbocycles. The lowest BCUT2D eigenvalue weighted by Gasteiger charge is -2.18. The highest BCUT2D eigenvalue weighted by atomic mass is 16.5. The molecule has 0 aromatic heterocycles. The van der Waals surface area contributed by atoms with Crippen LogP contribution in [0, 0.1) is 0 Å². The smallest absolute Gasteiger partial charge is 0.122 e. The summed E-state index contributed by atoms with van der Waals surface area (Å²) in [5.41, 5.74) is 4.16. The molecule has 21 heavy (non-hydrogen) atoms. The van der Waals surface area contributed by atoms with Crippen molar-refractivity contribution in [1.29, 1.82) is 0 Å². The molecule has 0 spiro atoms. The zero-order chi connectivity index (χ0) is 14.5. The zero-order valence-corrected chi connectivity index (χ0v) is 12.6. The minimum absolute atomic E-state index is 0.431. The summed E-state index contributed by atoms with van der Waals surface area (Å²) in [6.07, 6.45) is 3.27. The number of nitrogens with one attached hydrogen (secondary N) is 1. The maximum Gasteiger partial charge on any atom is 0.122 e. The van der Waals surface area contributed by atoms with Gasteiger partial charge in [-0.1, -0.05) is 49.4 Å². The van der Waals surface area contributed by atoms with Crippen molar-refractivity contribution in [3.63, 3.8) is 0 Å². The topological polar surface area (TPSA) is 21.3 Å². The molecular formula is C19H23NO. The van der Waals surface area contributed by atoms with E-state index >= 15 is 0 Å². The quantitative estimate of drug-likeness (QED) is 0.867. The van der Waals surface area contributed by atoms with Crippen molar-refractivity contribution in [2.24, 2.45) is 0 Å². The summed E-state index contributed by atoms with van der Waals surface area (Å²) >= 11 is 0. The Balaban J connectivity index is 1.67. The third-order valence-corrected chi connectivity index (χ3v) is 4.13. The molecule has 0 radical (unpaired) electrons. The third-order valence-electron chi connectivity index (χ3n) is 4.13. The summed E-state index contributed by atoms with van der Waals surface area (Å²) in [5, 5.41) is 3.60. The predicted octanol–water partition coefficient (Wildman–Crippen LogP) is 3.90. The molecule has 2 aromatic carbocycles. The molecule has 1 aliphatic heterocycles. The Labute approximate surface area is 127 Å². The van der Waals surface area contributed by atoms with Crippen molar-refractivity contribution in [1.82, 2.24) is 5.32 Å². The molecule has 0 aliphatic carbocycles. The van der Waals surface area contributed by atoms with Gasteiger partial charge in [-0.2, -0.15) is 0 Å². The Morgan fingerprint density at radius 2 is 2.00 bits per heavy atom. The molecule has 1 unspecified atom stereocenters. The van der Waals surface area contributed by atoms with Crippen LogP contribution in [0.4, 0.5) is 0 Å². The Morgan fingerprint density at radius 1 is 1.14 bits per heavy atom. The van der Waals surface area contributed by atoms with E-state index in [1.165, 1.54) is 16.7 Å². The van der Waals surface area contributed by atoms with Crippen molar-refractivity contribution in [3.05, 3.63) is 65.2 Å². The highest BCUT2D eigenvalue weighted by molar-refractivity contribution is 5.39. The van der Waals surface area contributed by atoms with Gasteiger partial charge < -0.3 is 10.1 Å². The zero-order valence-electron chi connectivity index (χ0n) is 12.6. The van der Waals surface area contributed by atoms with Crippen molar-refractivity contribution < 1.29 is 4.74 Å². The van der Waals surface area contributed by atoms with Crippen molar-refractivity contribution in [3.8, 4) is 5.75 Å². The van der Waals surface area contributed by atoms with Gasteiger partial charge in [0.05, 0.1) is 6.61 Å². The van der Waals surface area contributed by atoms with Crippen molar-refractivity contribution in [2.75, 3.05) is 13.2 Å². The molecule has 2 aromatic rings. The molecule has 2 heteroatoms. The first-order valence-corrected chi connectivity index (χ1v) is 7.89. The van der Waals surface area contributed by atoms with E-state index in [4.69, 9.17) is 4.74 Å². The molecule has 0 fully saturated rings. The van der Waals surface area contributed by atoms with E-state index in [1.807, 2.05) is 0 Å². The van der Waals surface area contributed by atoms with Crippen LogP contribution in [0.1, 0.15) is 36.1 Å². The van der Waals surface area contributed by atoms with Gasteiger partial charge in [-0.15, -0.1) is 0 Å². The average molecular weight is 281 g/mol. The van der Waals surface area contributed by atoms with Crippen LogP contribution in [0.3, 0.4) is 0 Å². The summed E-state index contributed by atoms with van der Waals surface area (Å²) < 4.78 is 5.57. The van der Waals surface area contributed by atoms with Gasteiger partial charge in [0.15, 0.2) is 0 Å². The van der Waals surface area contributed by atoms with Crippen LogP contribution in [0.15, 0.2) is 48.5 Å². The Bertz CT molecular complexity index is 579. The normalized spacial score (nSPS) is 14.5. The van der Waals surface area contributed by atoms with Gasteiger partial charge in [0.1, 0.15) is 5.75 Å². The number of benzene rings is 2. The predicted molar refractivity (Wildman–Crippen MR) is 86.8 cm³/mol. The Kier molecular flexibility index (Phi) is 4.56. The molecule has 1 N–H and O–H groups in total. The number of aryl methyl sites for hydroxylation is 1. The first-order chi connectivity index (χ1) is 10.4. The first-order valence-electron chi connectivity index (χ1n) is 7.89. The van der Waals surface area contributed by atoms with Gasteiger partial charge in [0.2, 0.25) is 0 Å². The van der Waals surface area contributed by atoms with E-state index in [2.05, 4.69) is 60.8 Å². The van der Waals surface area contributed by atoms with Crippen LogP contribution in [-0.4, -0.2) is 13.2 Å². The molecule has 3 rings (SSSR count). The lowest BCUT2D eigenvalue weighted by atomic mass is 9.97. The summed E-state index contributed by atoms with van der Waals surface area (Å²) in [5.74, 6) is 1.07. The molecule has 1 aliphatic rings. The monoisotopic (exact) mass is 281 g/mol. The van der Waals surface area contributed by atoms with Gasteiger partial charge in [0.25, 0.3) is 0 Å². The Hall–Kier alpha value is -1.80. The highest BCUT2D eigenvalue weighted by Gasteiger charge is 2.14. The number of hydrogen-bond acceptors (Lipinski definition) is 2. The van der Waals surface area contributed by atoms with Gasteiger partial charge in [-0.25, -0.2) is 0 Å². The second-order valence-electron chi connectivity index (χ2n) is 5.60. The molecule has 2 nitrogen and oxygen atoms in total. The number of fused-ring (bicyclic) bond motifs is 1. The van der Waals surface area contributed by atoms with Crippen LogP contribution in [0.25, 0.3) is 0 Å². The van der Waals surface area contributed by atoms with Gasteiger partial charge in [0, 0.05) is 12.5 Å². The maximum atomic E-state index is 5.57. The SMILES string of the molecule is CCNC(CCc1ccc2c(c1)CCO2)c1ccccc1.